The number of carboxylic acid groups (broad SMARTS) is 1. The minimum absolute atomic E-state index is 0.0866. The van der Waals surface area contributed by atoms with Crippen molar-refractivity contribution in [2.45, 2.75) is 18.4 Å². The molecular weight excluding hydrogens is 208 g/mol. The van der Waals surface area contributed by atoms with Crippen LogP contribution in [0.5, 0.6) is 0 Å². The van der Waals surface area contributed by atoms with Crippen molar-refractivity contribution in [1.29, 1.82) is 0 Å². The Morgan fingerprint density at radius 1 is 1.64 bits per heavy atom. The molecule has 0 aliphatic rings. The molecule has 1 aromatic rings. The van der Waals surface area contributed by atoms with Gasteiger partial charge in [0.25, 0.3) is 0 Å². The van der Waals surface area contributed by atoms with Gasteiger partial charge in [-0.2, -0.15) is 0 Å². The van der Waals surface area contributed by atoms with E-state index in [-0.39, 0.29) is 10.6 Å². The van der Waals surface area contributed by atoms with Gasteiger partial charge in [0, 0.05) is 12.7 Å². The van der Waals surface area contributed by atoms with Crippen molar-refractivity contribution >= 4 is 16.0 Å². The molecule has 7 heteroatoms. The van der Waals surface area contributed by atoms with E-state index in [1.165, 1.54) is 10.8 Å². The van der Waals surface area contributed by atoms with E-state index in [0.29, 0.717) is 6.54 Å². The maximum absolute atomic E-state index is 10.9. The molecule has 6 nitrogen and oxygen atoms in total. The van der Waals surface area contributed by atoms with Crippen molar-refractivity contribution in [3.8, 4) is 0 Å². The Hall–Kier alpha value is -1.34. The lowest BCUT2D eigenvalue weighted by Gasteiger charge is -1.99. The standard InChI is InChI=1S/C7H10N2O4S/c1-2-9-4-5(14(8,12)13)3-6(9)7(10)11/h3-4H,2H2,1H3,(H,10,11)(H2,8,12,13). The number of aromatic carboxylic acids is 1. The molecule has 0 fully saturated rings. The van der Waals surface area contributed by atoms with Gasteiger partial charge < -0.3 is 9.67 Å². The Labute approximate surface area is 81.0 Å². The van der Waals surface area contributed by atoms with Crippen LogP contribution in [0.15, 0.2) is 17.2 Å². The zero-order valence-corrected chi connectivity index (χ0v) is 8.28. The average Bonchev–Trinajstić information content (AvgIpc) is 2.45. The van der Waals surface area contributed by atoms with E-state index in [0.717, 1.165) is 6.07 Å². The maximum Gasteiger partial charge on any atom is 0.352 e. The van der Waals surface area contributed by atoms with Crippen LogP contribution in [0.2, 0.25) is 0 Å². The highest BCUT2D eigenvalue weighted by Crippen LogP contribution is 2.12. The van der Waals surface area contributed by atoms with Gasteiger partial charge in [-0.15, -0.1) is 0 Å². The monoisotopic (exact) mass is 218 g/mol. The molecule has 0 aliphatic heterocycles. The summed E-state index contributed by atoms with van der Waals surface area (Å²) < 4.78 is 23.1. The van der Waals surface area contributed by atoms with E-state index < -0.39 is 16.0 Å². The van der Waals surface area contributed by atoms with Gasteiger partial charge in [0.1, 0.15) is 10.6 Å². The van der Waals surface area contributed by atoms with Gasteiger partial charge in [-0.1, -0.05) is 0 Å². The highest BCUT2D eigenvalue weighted by Gasteiger charge is 2.17. The van der Waals surface area contributed by atoms with Gasteiger partial charge in [0.15, 0.2) is 0 Å². The van der Waals surface area contributed by atoms with Crippen LogP contribution >= 0.6 is 0 Å². The van der Waals surface area contributed by atoms with Crippen molar-refractivity contribution in [1.82, 2.24) is 4.57 Å². The summed E-state index contributed by atoms with van der Waals surface area (Å²) in [6, 6.07) is 1.04. The molecule has 0 saturated heterocycles. The lowest BCUT2D eigenvalue weighted by Crippen LogP contribution is -2.11. The van der Waals surface area contributed by atoms with E-state index >= 15 is 0 Å². The fraction of sp³-hybridized carbons (Fsp3) is 0.286. The normalized spacial score (nSPS) is 11.6. The maximum atomic E-state index is 10.9. The molecule has 14 heavy (non-hydrogen) atoms. The first-order valence-electron chi connectivity index (χ1n) is 3.82. The molecule has 3 N–H and O–H groups in total. The van der Waals surface area contributed by atoms with Crippen molar-refractivity contribution in [2.75, 3.05) is 0 Å². The molecule has 78 valence electrons. The van der Waals surface area contributed by atoms with Crippen LogP contribution in [-0.4, -0.2) is 24.1 Å². The quantitative estimate of drug-likeness (QED) is 0.736. The number of hydrogen-bond acceptors (Lipinski definition) is 3. The molecule has 0 spiro atoms. The molecule has 0 unspecified atom stereocenters. The summed E-state index contributed by atoms with van der Waals surface area (Å²) in [6.07, 6.45) is 1.21. The zero-order valence-electron chi connectivity index (χ0n) is 7.47. The number of aromatic nitrogens is 1. The summed E-state index contributed by atoms with van der Waals surface area (Å²) in [4.78, 5) is 10.5. The predicted molar refractivity (Wildman–Crippen MR) is 48.4 cm³/mol. The number of nitrogens with two attached hydrogens (primary N) is 1. The predicted octanol–water partition coefficient (Wildman–Crippen LogP) is -0.146. The number of nitrogens with zero attached hydrogens (tertiary/aromatic N) is 1. The first kappa shape index (κ1) is 10.7. The number of carbonyl (C=O) groups is 1. The van der Waals surface area contributed by atoms with Crippen LogP contribution < -0.4 is 5.14 Å². The van der Waals surface area contributed by atoms with Crippen molar-refractivity contribution in [3.63, 3.8) is 0 Å². The minimum atomic E-state index is -3.83. The molecule has 0 bridgehead atoms. The lowest BCUT2D eigenvalue weighted by molar-refractivity contribution is 0.0685. The number of carboxylic acids is 1. The molecule has 1 aromatic heterocycles. The number of hydrogen-bond donors (Lipinski definition) is 2. The largest absolute Gasteiger partial charge is 0.477 e. The molecule has 0 radical (unpaired) electrons. The van der Waals surface area contributed by atoms with E-state index in [2.05, 4.69) is 0 Å². The first-order valence-corrected chi connectivity index (χ1v) is 5.37. The summed E-state index contributed by atoms with van der Waals surface area (Å²) in [5.74, 6) is -1.18. The molecule has 0 aromatic carbocycles. The minimum Gasteiger partial charge on any atom is -0.477 e. The van der Waals surface area contributed by atoms with Crippen LogP contribution in [0, 0.1) is 0 Å². The molecule has 1 rings (SSSR count). The fourth-order valence-corrected chi connectivity index (χ4v) is 1.63. The van der Waals surface area contributed by atoms with Gasteiger partial charge in [-0.05, 0) is 13.0 Å². The van der Waals surface area contributed by atoms with Crippen LogP contribution in [-0.2, 0) is 16.6 Å². The van der Waals surface area contributed by atoms with Crippen molar-refractivity contribution < 1.29 is 18.3 Å². The van der Waals surface area contributed by atoms with Crippen LogP contribution in [0.1, 0.15) is 17.4 Å². The summed E-state index contributed by atoms with van der Waals surface area (Å²) in [7, 11) is -3.83. The third kappa shape index (κ3) is 1.94. The number of primary sulfonamides is 1. The van der Waals surface area contributed by atoms with E-state index in [1.807, 2.05) is 0 Å². The summed E-state index contributed by atoms with van der Waals surface area (Å²) >= 11 is 0. The third-order valence-corrected chi connectivity index (χ3v) is 2.64. The highest BCUT2D eigenvalue weighted by atomic mass is 32.2. The highest BCUT2D eigenvalue weighted by molar-refractivity contribution is 7.89. The molecule has 0 amide bonds. The molecule has 0 saturated carbocycles. The van der Waals surface area contributed by atoms with Crippen LogP contribution in [0.25, 0.3) is 0 Å². The van der Waals surface area contributed by atoms with E-state index in [4.69, 9.17) is 10.2 Å². The molecule has 0 atom stereocenters. The lowest BCUT2D eigenvalue weighted by atomic mass is 10.4. The smallest absolute Gasteiger partial charge is 0.352 e. The van der Waals surface area contributed by atoms with Crippen molar-refractivity contribution in [2.24, 2.45) is 5.14 Å². The summed E-state index contributed by atoms with van der Waals surface area (Å²) in [5.41, 5.74) is -0.0866. The topological polar surface area (TPSA) is 102 Å². The molecular formula is C7H10N2O4S. The van der Waals surface area contributed by atoms with Crippen molar-refractivity contribution in [3.05, 3.63) is 18.0 Å². The Kier molecular flexibility index (Phi) is 2.63. The van der Waals surface area contributed by atoms with Crippen LogP contribution in [0.3, 0.4) is 0 Å². The first-order chi connectivity index (χ1) is 6.36. The molecule has 0 aliphatic carbocycles. The summed E-state index contributed by atoms with van der Waals surface area (Å²) in [6.45, 7) is 2.08. The molecule has 1 heterocycles. The second-order valence-corrected chi connectivity index (χ2v) is 4.26. The summed E-state index contributed by atoms with van der Waals surface area (Å²) in [5, 5.41) is 13.6. The number of sulfonamides is 1. The Morgan fingerprint density at radius 2 is 2.21 bits per heavy atom. The van der Waals surface area contributed by atoms with Gasteiger partial charge in [-0.25, -0.2) is 18.4 Å². The zero-order chi connectivity index (χ0) is 10.9. The Morgan fingerprint density at radius 3 is 2.50 bits per heavy atom. The SMILES string of the molecule is CCn1cc(S(N)(=O)=O)cc1C(=O)O. The van der Waals surface area contributed by atoms with Gasteiger partial charge in [0.2, 0.25) is 10.0 Å². The van der Waals surface area contributed by atoms with Gasteiger partial charge >= 0.3 is 5.97 Å². The van der Waals surface area contributed by atoms with Gasteiger partial charge in [0.05, 0.1) is 0 Å². The average molecular weight is 218 g/mol. The second kappa shape index (κ2) is 3.43. The van der Waals surface area contributed by atoms with Crippen LogP contribution in [0.4, 0.5) is 0 Å². The fourth-order valence-electron chi connectivity index (χ4n) is 1.08. The van der Waals surface area contributed by atoms with E-state index in [9.17, 15) is 13.2 Å². The number of rotatable bonds is 3. The third-order valence-electron chi connectivity index (χ3n) is 1.76. The van der Waals surface area contributed by atoms with Gasteiger partial charge in [-0.3, -0.25) is 0 Å². The second-order valence-electron chi connectivity index (χ2n) is 2.70. The number of aryl methyl sites for hydroxylation is 1. The Bertz CT molecular complexity index is 460. The van der Waals surface area contributed by atoms with E-state index in [1.54, 1.807) is 6.92 Å². The Balaban J connectivity index is 3.34.